The molecule has 1 N–H and O–H groups in total. The second-order valence-electron chi connectivity index (χ2n) is 6.51. The second kappa shape index (κ2) is 5.71. The van der Waals surface area contributed by atoms with Crippen LogP contribution in [0.2, 0.25) is 0 Å². The number of ether oxygens (including phenoxy) is 3. The molecule has 8 heteroatoms. The molecular formula is C18H15BrN4O3. The Labute approximate surface area is 159 Å². The van der Waals surface area contributed by atoms with Crippen molar-refractivity contribution in [1.29, 1.82) is 21.2 Å². The Bertz CT molecular complexity index is 914. The lowest BCUT2D eigenvalue weighted by Gasteiger charge is -2.47. The molecule has 2 aliphatic rings. The third-order valence-corrected chi connectivity index (χ3v) is 6.09. The van der Waals surface area contributed by atoms with Gasteiger partial charge in [0.15, 0.2) is 5.41 Å². The van der Waals surface area contributed by atoms with Gasteiger partial charge in [-0.25, -0.2) is 0 Å². The predicted octanol–water partition coefficient (Wildman–Crippen LogP) is 3.43. The first-order chi connectivity index (χ1) is 12.3. The number of benzene rings is 1. The van der Waals surface area contributed by atoms with E-state index in [-0.39, 0.29) is 0 Å². The number of nitrogens with one attached hydrogen (secondary N) is 1. The Morgan fingerprint density at radius 2 is 1.88 bits per heavy atom. The zero-order valence-corrected chi connectivity index (χ0v) is 15.9. The molecule has 4 atom stereocenters. The normalized spacial score (nSPS) is 34.1. The summed E-state index contributed by atoms with van der Waals surface area (Å²) in [7, 11) is 1.52. The molecule has 4 unspecified atom stereocenters. The lowest BCUT2D eigenvalue weighted by atomic mass is 9.54. The molecule has 0 spiro atoms. The van der Waals surface area contributed by atoms with Crippen LogP contribution in [0.15, 0.2) is 22.7 Å². The van der Waals surface area contributed by atoms with Crippen LogP contribution in [0.3, 0.4) is 0 Å². The van der Waals surface area contributed by atoms with Crippen molar-refractivity contribution in [2.45, 2.75) is 25.7 Å². The summed E-state index contributed by atoms with van der Waals surface area (Å²) in [6.07, 6.45) is -1.08. The van der Waals surface area contributed by atoms with Crippen LogP contribution in [-0.4, -0.2) is 18.8 Å². The smallest absolute Gasteiger partial charge is 0.214 e. The van der Waals surface area contributed by atoms with E-state index in [2.05, 4.69) is 22.0 Å². The van der Waals surface area contributed by atoms with Gasteiger partial charge in [0.2, 0.25) is 17.1 Å². The number of methoxy groups -OCH3 is 1. The van der Waals surface area contributed by atoms with Gasteiger partial charge in [0.05, 0.1) is 35.7 Å². The lowest BCUT2D eigenvalue weighted by Crippen LogP contribution is -2.57. The van der Waals surface area contributed by atoms with E-state index < -0.39 is 34.5 Å². The second-order valence-corrected chi connectivity index (χ2v) is 7.37. The third kappa shape index (κ3) is 1.90. The van der Waals surface area contributed by atoms with Gasteiger partial charge in [-0.2, -0.15) is 15.8 Å². The van der Waals surface area contributed by atoms with Crippen LogP contribution < -0.4 is 4.74 Å². The minimum absolute atomic E-state index is 0.409. The zero-order valence-electron chi connectivity index (χ0n) is 14.3. The fraction of sp³-hybridized carbons (Fsp3) is 0.444. The molecule has 26 heavy (non-hydrogen) atoms. The maximum atomic E-state index is 9.99. The summed E-state index contributed by atoms with van der Waals surface area (Å²) < 4.78 is 17.5. The molecule has 0 radical (unpaired) electrons. The Morgan fingerprint density at radius 3 is 2.38 bits per heavy atom. The highest BCUT2D eigenvalue weighted by Crippen LogP contribution is 2.66. The first-order valence-corrected chi connectivity index (χ1v) is 8.58. The van der Waals surface area contributed by atoms with Crippen molar-refractivity contribution in [3.8, 4) is 24.0 Å². The van der Waals surface area contributed by atoms with Crippen LogP contribution in [-0.2, 0) is 9.47 Å². The summed E-state index contributed by atoms with van der Waals surface area (Å²) in [6.45, 7) is 3.28. The fourth-order valence-corrected chi connectivity index (χ4v) is 4.41. The zero-order chi connectivity index (χ0) is 19.3. The summed E-state index contributed by atoms with van der Waals surface area (Å²) in [5.41, 5.74) is -3.17. The fourth-order valence-electron chi connectivity index (χ4n) is 3.86. The molecule has 3 rings (SSSR count). The maximum Gasteiger partial charge on any atom is 0.214 e. The number of halogens is 1. The van der Waals surface area contributed by atoms with Crippen LogP contribution in [0.1, 0.15) is 25.5 Å². The van der Waals surface area contributed by atoms with E-state index in [0.717, 1.165) is 0 Å². The van der Waals surface area contributed by atoms with E-state index in [1.54, 1.807) is 32.0 Å². The molecule has 2 heterocycles. The molecule has 0 aliphatic carbocycles. The van der Waals surface area contributed by atoms with Gasteiger partial charge in [-0.3, -0.25) is 5.41 Å². The highest BCUT2D eigenvalue weighted by molar-refractivity contribution is 9.10. The van der Waals surface area contributed by atoms with Crippen molar-refractivity contribution in [3.05, 3.63) is 28.2 Å². The number of nitriles is 3. The molecular weight excluding hydrogens is 400 g/mol. The van der Waals surface area contributed by atoms with E-state index in [1.807, 2.05) is 12.1 Å². The van der Waals surface area contributed by atoms with Gasteiger partial charge in [0.1, 0.15) is 11.9 Å². The van der Waals surface area contributed by atoms with Gasteiger partial charge in [-0.1, -0.05) is 13.0 Å². The quantitative estimate of drug-likeness (QED) is 0.790. The third-order valence-electron chi connectivity index (χ3n) is 5.47. The molecule has 7 nitrogen and oxygen atoms in total. The largest absolute Gasteiger partial charge is 0.496 e. The van der Waals surface area contributed by atoms with E-state index in [0.29, 0.717) is 15.8 Å². The molecule has 2 saturated heterocycles. The highest BCUT2D eigenvalue weighted by Gasteiger charge is 2.78. The standard InChI is InChI=1S/C18H15BrN4O3/c1-10-16(2)25-14(11-4-5-13(24-3)12(19)6-11)17(7-20,8-21)18(10,9-22)15(23)26-16/h4-6,10,14,23H,1-3H3. The Morgan fingerprint density at radius 1 is 1.23 bits per heavy atom. The van der Waals surface area contributed by atoms with Gasteiger partial charge in [-0.05, 0) is 33.6 Å². The van der Waals surface area contributed by atoms with E-state index in [4.69, 9.17) is 19.6 Å². The highest BCUT2D eigenvalue weighted by atomic mass is 79.9. The summed E-state index contributed by atoms with van der Waals surface area (Å²) in [5.74, 6) is -1.80. The molecule has 0 amide bonds. The van der Waals surface area contributed by atoms with Gasteiger partial charge < -0.3 is 14.2 Å². The van der Waals surface area contributed by atoms with Crippen LogP contribution in [0.5, 0.6) is 5.75 Å². The summed E-state index contributed by atoms with van der Waals surface area (Å²) in [5, 5.41) is 38.2. The van der Waals surface area contributed by atoms with Crippen molar-refractivity contribution in [2.75, 3.05) is 7.11 Å². The maximum absolute atomic E-state index is 9.99. The molecule has 1 aromatic carbocycles. The summed E-state index contributed by atoms with van der Waals surface area (Å²) >= 11 is 3.38. The van der Waals surface area contributed by atoms with Crippen LogP contribution in [0.25, 0.3) is 0 Å². The number of rotatable bonds is 2. The Balaban J connectivity index is 2.29. The first-order valence-electron chi connectivity index (χ1n) is 7.79. The predicted molar refractivity (Wildman–Crippen MR) is 92.6 cm³/mol. The van der Waals surface area contributed by atoms with Gasteiger partial charge in [-0.15, -0.1) is 0 Å². The summed E-state index contributed by atoms with van der Waals surface area (Å²) in [6, 6.07) is 11.1. The minimum Gasteiger partial charge on any atom is -0.496 e. The van der Waals surface area contributed by atoms with Crippen molar-refractivity contribution in [2.24, 2.45) is 16.7 Å². The molecule has 2 fully saturated rings. The van der Waals surface area contributed by atoms with Gasteiger partial charge in [0.25, 0.3) is 0 Å². The van der Waals surface area contributed by atoms with Crippen LogP contribution in [0.4, 0.5) is 0 Å². The van der Waals surface area contributed by atoms with E-state index in [9.17, 15) is 15.8 Å². The van der Waals surface area contributed by atoms with E-state index in [1.165, 1.54) is 7.11 Å². The number of fused-ring (bicyclic) bond motifs is 2. The topological polar surface area (TPSA) is 123 Å². The summed E-state index contributed by atoms with van der Waals surface area (Å²) in [4.78, 5) is 0. The molecule has 132 valence electrons. The average Bonchev–Trinajstić information content (AvgIpc) is 2.77. The van der Waals surface area contributed by atoms with Crippen molar-refractivity contribution >= 4 is 21.8 Å². The molecule has 1 aromatic rings. The molecule has 0 aromatic heterocycles. The molecule has 0 saturated carbocycles. The monoisotopic (exact) mass is 414 g/mol. The Hall–Kier alpha value is -2.60. The lowest BCUT2D eigenvalue weighted by molar-refractivity contribution is -0.268. The van der Waals surface area contributed by atoms with Crippen LogP contribution >= 0.6 is 15.9 Å². The van der Waals surface area contributed by atoms with Crippen molar-refractivity contribution in [1.82, 2.24) is 0 Å². The van der Waals surface area contributed by atoms with Gasteiger partial charge >= 0.3 is 0 Å². The molecule has 2 bridgehead atoms. The number of hydrogen-bond acceptors (Lipinski definition) is 7. The van der Waals surface area contributed by atoms with Crippen molar-refractivity contribution in [3.63, 3.8) is 0 Å². The SMILES string of the molecule is COc1ccc(C2OC3(C)OC(=N)C(C#N)(C3C)C2(C#N)C#N)cc1Br. The molecule has 2 aliphatic heterocycles. The van der Waals surface area contributed by atoms with Crippen molar-refractivity contribution < 1.29 is 14.2 Å². The Kier molecular flexibility index (Phi) is 3.99. The number of hydrogen-bond donors (Lipinski definition) is 1. The minimum atomic E-state index is -1.94. The number of nitrogens with zero attached hydrogens (tertiary/aromatic N) is 3. The van der Waals surface area contributed by atoms with Crippen LogP contribution in [0, 0.1) is 56.2 Å². The van der Waals surface area contributed by atoms with Gasteiger partial charge in [0, 0.05) is 6.92 Å². The average molecular weight is 415 g/mol. The van der Waals surface area contributed by atoms with E-state index >= 15 is 0 Å². The first kappa shape index (κ1) is 18.2.